The summed E-state index contributed by atoms with van der Waals surface area (Å²) < 4.78 is 15.5. The van der Waals surface area contributed by atoms with Crippen LogP contribution in [0.3, 0.4) is 0 Å². The second kappa shape index (κ2) is 5.15. The van der Waals surface area contributed by atoms with E-state index in [0.29, 0.717) is 34.3 Å². The van der Waals surface area contributed by atoms with Gasteiger partial charge in [0.25, 0.3) is 0 Å². The van der Waals surface area contributed by atoms with Gasteiger partial charge in [-0.05, 0) is 18.9 Å². The van der Waals surface area contributed by atoms with Crippen LogP contribution in [-0.2, 0) is 13.0 Å². The number of hydrogen-bond donors (Lipinski definition) is 1. The largest absolute Gasteiger partial charge is 0.397 e. The van der Waals surface area contributed by atoms with E-state index in [2.05, 4.69) is 10.1 Å². The molecular weight excluding hydrogens is 295 g/mol. The molecule has 1 aromatic carbocycles. The number of rotatable bonds is 2. The van der Waals surface area contributed by atoms with Gasteiger partial charge in [-0.2, -0.15) is 5.10 Å². The van der Waals surface area contributed by atoms with Crippen molar-refractivity contribution in [1.29, 1.82) is 0 Å². The molecule has 0 unspecified atom stereocenters. The number of fused-ring (bicyclic) bond motifs is 2. The zero-order chi connectivity index (χ0) is 16.0. The van der Waals surface area contributed by atoms with Gasteiger partial charge in [0.05, 0.1) is 35.1 Å². The summed E-state index contributed by atoms with van der Waals surface area (Å²) in [5.74, 6) is -0.239. The Hall–Kier alpha value is -2.76. The zero-order valence-electron chi connectivity index (χ0n) is 12.4. The van der Waals surface area contributed by atoms with E-state index < -0.39 is 0 Å². The van der Waals surface area contributed by atoms with Gasteiger partial charge in [-0.1, -0.05) is 18.2 Å². The second-order valence-electron chi connectivity index (χ2n) is 5.75. The van der Waals surface area contributed by atoms with Gasteiger partial charge in [0.15, 0.2) is 11.4 Å². The number of aromatic nitrogens is 3. The molecule has 2 N–H and O–H groups in total. The third-order valence-corrected chi connectivity index (χ3v) is 4.27. The van der Waals surface area contributed by atoms with Gasteiger partial charge in [-0.25, -0.2) is 14.1 Å². The topological polar surface area (TPSA) is 73.8 Å². The van der Waals surface area contributed by atoms with Gasteiger partial charge in [-0.3, -0.25) is 4.79 Å². The molecule has 6 heteroatoms. The Labute approximate surface area is 131 Å². The molecule has 0 amide bonds. The summed E-state index contributed by atoms with van der Waals surface area (Å²) in [6.45, 7) is 0.273. The molecule has 4 rings (SSSR count). The highest BCUT2D eigenvalue weighted by molar-refractivity contribution is 6.08. The monoisotopic (exact) mass is 310 g/mol. The number of nitrogens with two attached hydrogens (primary N) is 1. The summed E-state index contributed by atoms with van der Waals surface area (Å²) in [6, 6.07) is 6.57. The van der Waals surface area contributed by atoms with Gasteiger partial charge in [0, 0.05) is 12.0 Å². The smallest absolute Gasteiger partial charge is 0.166 e. The van der Waals surface area contributed by atoms with Gasteiger partial charge in [0.2, 0.25) is 0 Å². The van der Waals surface area contributed by atoms with Crippen molar-refractivity contribution in [2.45, 2.75) is 25.8 Å². The fraction of sp³-hybridized carbons (Fsp3) is 0.235. The quantitative estimate of drug-likeness (QED) is 0.790. The van der Waals surface area contributed by atoms with E-state index in [4.69, 9.17) is 5.73 Å². The molecule has 23 heavy (non-hydrogen) atoms. The molecule has 0 aliphatic heterocycles. The van der Waals surface area contributed by atoms with E-state index in [1.54, 1.807) is 29.1 Å². The maximum atomic E-state index is 13.9. The Balaban J connectivity index is 1.86. The van der Waals surface area contributed by atoms with Crippen LogP contribution in [0.1, 0.15) is 34.5 Å². The van der Waals surface area contributed by atoms with Crippen molar-refractivity contribution in [2.24, 2.45) is 0 Å². The number of Topliss-reactive ketones (excluding diaryl/α,β-unsaturated/α-hetero) is 1. The van der Waals surface area contributed by atoms with Crippen molar-refractivity contribution in [1.82, 2.24) is 14.8 Å². The van der Waals surface area contributed by atoms with Crippen molar-refractivity contribution < 1.29 is 9.18 Å². The van der Waals surface area contributed by atoms with Crippen molar-refractivity contribution in [3.05, 3.63) is 53.1 Å². The van der Waals surface area contributed by atoms with Gasteiger partial charge in [0.1, 0.15) is 5.82 Å². The summed E-state index contributed by atoms with van der Waals surface area (Å²) in [5, 5.41) is 4.93. The van der Waals surface area contributed by atoms with E-state index >= 15 is 0 Å². The molecule has 3 aromatic rings. The first kappa shape index (κ1) is 13.9. The van der Waals surface area contributed by atoms with E-state index in [-0.39, 0.29) is 18.1 Å². The molecular formula is C17H15FN4O. The molecule has 116 valence electrons. The summed E-state index contributed by atoms with van der Waals surface area (Å²) in [4.78, 5) is 16.7. The number of anilines is 1. The van der Waals surface area contributed by atoms with Gasteiger partial charge < -0.3 is 5.73 Å². The zero-order valence-corrected chi connectivity index (χ0v) is 12.4. The maximum absolute atomic E-state index is 13.9. The lowest BCUT2D eigenvalue weighted by Gasteiger charge is -2.16. The Morgan fingerprint density at radius 3 is 2.91 bits per heavy atom. The molecule has 0 radical (unpaired) electrons. The Kier molecular flexibility index (Phi) is 3.11. The number of carbonyl (C=O) groups is 1. The number of aryl methyl sites for hydroxylation is 1. The third kappa shape index (κ3) is 2.18. The fourth-order valence-corrected chi connectivity index (χ4v) is 3.10. The van der Waals surface area contributed by atoms with Crippen LogP contribution in [0, 0.1) is 5.82 Å². The van der Waals surface area contributed by atoms with Crippen LogP contribution in [0.15, 0.2) is 30.5 Å². The minimum atomic E-state index is -0.280. The van der Waals surface area contributed by atoms with Crippen molar-refractivity contribution >= 4 is 22.5 Å². The lowest BCUT2D eigenvalue weighted by Crippen LogP contribution is -2.16. The molecule has 0 spiro atoms. The Bertz CT molecular complexity index is 932. The first-order valence-corrected chi connectivity index (χ1v) is 7.55. The molecule has 0 atom stereocenters. The Morgan fingerprint density at radius 2 is 2.09 bits per heavy atom. The summed E-state index contributed by atoms with van der Waals surface area (Å²) in [7, 11) is 0. The van der Waals surface area contributed by atoms with E-state index in [1.165, 1.54) is 6.07 Å². The summed E-state index contributed by atoms with van der Waals surface area (Å²) in [5.41, 5.74) is 9.01. The summed E-state index contributed by atoms with van der Waals surface area (Å²) >= 11 is 0. The van der Waals surface area contributed by atoms with Crippen LogP contribution in [0.5, 0.6) is 0 Å². The van der Waals surface area contributed by atoms with Gasteiger partial charge >= 0.3 is 0 Å². The molecule has 1 aliphatic carbocycles. The third-order valence-electron chi connectivity index (χ3n) is 4.27. The fourth-order valence-electron chi connectivity index (χ4n) is 3.10. The van der Waals surface area contributed by atoms with Crippen LogP contribution < -0.4 is 5.73 Å². The number of pyridine rings is 1. The van der Waals surface area contributed by atoms with E-state index in [1.807, 2.05) is 0 Å². The predicted octanol–water partition coefficient (Wildman–Crippen LogP) is 2.72. The van der Waals surface area contributed by atoms with Crippen molar-refractivity contribution in [3.8, 4) is 0 Å². The number of nitrogen functional groups attached to an aromatic ring is 1. The maximum Gasteiger partial charge on any atom is 0.166 e. The minimum Gasteiger partial charge on any atom is -0.397 e. The highest BCUT2D eigenvalue weighted by Crippen LogP contribution is 2.31. The average molecular weight is 310 g/mol. The van der Waals surface area contributed by atoms with E-state index in [0.717, 1.165) is 18.5 Å². The van der Waals surface area contributed by atoms with Crippen LogP contribution in [0.25, 0.3) is 11.0 Å². The highest BCUT2D eigenvalue weighted by Gasteiger charge is 2.24. The molecule has 2 aromatic heterocycles. The Morgan fingerprint density at radius 1 is 1.26 bits per heavy atom. The molecule has 0 bridgehead atoms. The minimum absolute atomic E-state index is 0.0417. The van der Waals surface area contributed by atoms with Crippen LogP contribution in [-0.4, -0.2) is 20.5 Å². The lowest BCUT2D eigenvalue weighted by molar-refractivity contribution is 0.0972. The number of carbonyl (C=O) groups excluding carboxylic acids is 1. The molecule has 0 fully saturated rings. The molecule has 0 saturated heterocycles. The predicted molar refractivity (Wildman–Crippen MR) is 84.7 cm³/mol. The summed E-state index contributed by atoms with van der Waals surface area (Å²) in [6.07, 6.45) is 3.62. The number of halogens is 1. The molecule has 2 heterocycles. The molecule has 5 nitrogen and oxygen atoms in total. The van der Waals surface area contributed by atoms with Crippen molar-refractivity contribution in [3.63, 3.8) is 0 Å². The van der Waals surface area contributed by atoms with Crippen LogP contribution in [0.2, 0.25) is 0 Å². The van der Waals surface area contributed by atoms with Crippen LogP contribution >= 0.6 is 0 Å². The second-order valence-corrected chi connectivity index (χ2v) is 5.75. The average Bonchev–Trinajstić information content (AvgIpc) is 2.93. The first-order valence-electron chi connectivity index (χ1n) is 7.55. The van der Waals surface area contributed by atoms with Gasteiger partial charge in [-0.15, -0.1) is 0 Å². The molecule has 0 saturated carbocycles. The number of hydrogen-bond acceptors (Lipinski definition) is 4. The number of benzene rings is 1. The first-order chi connectivity index (χ1) is 11.1. The highest BCUT2D eigenvalue weighted by atomic mass is 19.1. The van der Waals surface area contributed by atoms with Crippen molar-refractivity contribution in [2.75, 3.05) is 5.73 Å². The standard InChI is InChI=1S/C17H15FN4O/c18-12-5-2-1-4-10(12)9-22-17-11(8-20-22)16(19)15-13(21-17)6-3-7-14(15)23/h1-2,4-5,8H,3,6-7,9H2,(H2,19,21). The normalized spacial score (nSPS) is 14.2. The molecule has 1 aliphatic rings. The number of ketones is 1. The van der Waals surface area contributed by atoms with Crippen LogP contribution in [0.4, 0.5) is 10.1 Å². The lowest BCUT2D eigenvalue weighted by atomic mass is 9.93. The van der Waals surface area contributed by atoms with E-state index in [9.17, 15) is 9.18 Å². The SMILES string of the molecule is Nc1c2c(nc3c1cnn3Cc1ccccc1F)CCCC2=O. The number of nitrogens with zero attached hydrogens (tertiary/aromatic N) is 3.